The number of carbonyl (C=O) groups is 1. The van der Waals surface area contributed by atoms with Crippen molar-refractivity contribution in [2.24, 2.45) is 17.8 Å². The topological polar surface area (TPSA) is 50.4 Å². The van der Waals surface area contributed by atoms with Crippen LogP contribution < -0.4 is 10.6 Å². The van der Waals surface area contributed by atoms with Gasteiger partial charge in [-0.05, 0) is 63.5 Å². The number of ether oxygens (including phenoxy) is 1. The average molecular weight is 319 g/mol. The number of amides is 1. The number of halogens is 1. The third kappa shape index (κ3) is 6.13. The monoisotopic (exact) mass is 318 g/mol. The van der Waals surface area contributed by atoms with Gasteiger partial charge in [0.1, 0.15) is 0 Å². The summed E-state index contributed by atoms with van der Waals surface area (Å²) in [5.41, 5.74) is 0. The molecule has 0 aliphatic carbocycles. The van der Waals surface area contributed by atoms with E-state index in [0.717, 1.165) is 39.1 Å². The molecular weight excluding hydrogens is 288 g/mol. The van der Waals surface area contributed by atoms with Crippen LogP contribution in [0.5, 0.6) is 0 Å². The molecule has 4 nitrogen and oxygen atoms in total. The van der Waals surface area contributed by atoms with Gasteiger partial charge in [0, 0.05) is 25.7 Å². The molecule has 2 rings (SSSR count). The van der Waals surface area contributed by atoms with Crippen LogP contribution in [0.2, 0.25) is 0 Å². The molecular formula is C16H31ClN2O2. The molecule has 0 aromatic carbocycles. The van der Waals surface area contributed by atoms with Crippen molar-refractivity contribution in [2.45, 2.75) is 52.0 Å². The SMILES string of the molecule is CC(CC(=O)NC(C)C1CCOCC1)C1CCNCC1.Cl. The van der Waals surface area contributed by atoms with E-state index >= 15 is 0 Å². The average Bonchev–Trinajstić information content (AvgIpc) is 2.49. The van der Waals surface area contributed by atoms with E-state index in [1.54, 1.807) is 0 Å². The second-order valence-corrected chi connectivity index (χ2v) is 6.57. The molecule has 5 heteroatoms. The van der Waals surface area contributed by atoms with Gasteiger partial charge in [-0.25, -0.2) is 0 Å². The lowest BCUT2D eigenvalue weighted by Gasteiger charge is -2.30. The maximum atomic E-state index is 12.2. The van der Waals surface area contributed by atoms with E-state index in [1.165, 1.54) is 12.8 Å². The van der Waals surface area contributed by atoms with Gasteiger partial charge in [0.25, 0.3) is 0 Å². The Bertz CT molecular complexity index is 275. The summed E-state index contributed by atoms with van der Waals surface area (Å²) in [6.45, 7) is 8.27. The summed E-state index contributed by atoms with van der Waals surface area (Å²) in [6, 6.07) is 0.284. The summed E-state index contributed by atoms with van der Waals surface area (Å²) in [6.07, 6.45) is 5.25. The molecule has 0 saturated carbocycles. The molecule has 2 aliphatic heterocycles. The van der Waals surface area contributed by atoms with Gasteiger partial charge < -0.3 is 15.4 Å². The molecule has 0 bridgehead atoms. The molecule has 2 atom stereocenters. The molecule has 2 fully saturated rings. The van der Waals surface area contributed by atoms with Crippen molar-refractivity contribution in [1.82, 2.24) is 10.6 Å². The lowest BCUT2D eigenvalue weighted by Crippen LogP contribution is -2.41. The Hall–Kier alpha value is -0.320. The van der Waals surface area contributed by atoms with Crippen LogP contribution in [0.4, 0.5) is 0 Å². The summed E-state index contributed by atoms with van der Waals surface area (Å²) in [5.74, 6) is 2.02. The fraction of sp³-hybridized carbons (Fsp3) is 0.938. The molecule has 1 amide bonds. The number of hydrogen-bond acceptors (Lipinski definition) is 3. The van der Waals surface area contributed by atoms with Gasteiger partial charge in [-0.15, -0.1) is 12.4 Å². The highest BCUT2D eigenvalue weighted by Crippen LogP contribution is 2.24. The van der Waals surface area contributed by atoms with Crippen LogP contribution >= 0.6 is 12.4 Å². The number of hydrogen-bond donors (Lipinski definition) is 2. The van der Waals surface area contributed by atoms with Crippen LogP contribution in [-0.4, -0.2) is 38.3 Å². The van der Waals surface area contributed by atoms with Crippen LogP contribution in [0.1, 0.15) is 46.0 Å². The molecule has 0 aromatic rings. The smallest absolute Gasteiger partial charge is 0.220 e. The number of rotatable bonds is 5. The minimum atomic E-state index is 0. The third-order valence-electron chi connectivity index (χ3n) is 5.06. The second kappa shape index (κ2) is 9.65. The summed E-state index contributed by atoms with van der Waals surface area (Å²) in [7, 11) is 0. The first-order chi connectivity index (χ1) is 9.66. The lowest BCUT2D eigenvalue weighted by molar-refractivity contribution is -0.123. The van der Waals surface area contributed by atoms with Gasteiger partial charge in [-0.3, -0.25) is 4.79 Å². The molecule has 0 aromatic heterocycles. The van der Waals surface area contributed by atoms with Crippen LogP contribution in [-0.2, 0) is 9.53 Å². The number of nitrogens with one attached hydrogen (secondary N) is 2. The Balaban J connectivity index is 0.00000220. The molecule has 2 unspecified atom stereocenters. The van der Waals surface area contributed by atoms with E-state index in [2.05, 4.69) is 24.5 Å². The predicted molar refractivity (Wildman–Crippen MR) is 87.8 cm³/mol. The van der Waals surface area contributed by atoms with E-state index < -0.39 is 0 Å². The fourth-order valence-electron chi connectivity index (χ4n) is 3.52. The summed E-state index contributed by atoms with van der Waals surface area (Å²) in [4.78, 5) is 12.2. The second-order valence-electron chi connectivity index (χ2n) is 6.57. The first-order valence-corrected chi connectivity index (χ1v) is 8.24. The van der Waals surface area contributed by atoms with E-state index in [4.69, 9.17) is 4.74 Å². The lowest BCUT2D eigenvalue weighted by atomic mass is 9.84. The Labute approximate surface area is 135 Å². The summed E-state index contributed by atoms with van der Waals surface area (Å²) in [5, 5.41) is 6.60. The largest absolute Gasteiger partial charge is 0.381 e. The minimum absolute atomic E-state index is 0. The molecule has 2 N–H and O–H groups in total. The minimum Gasteiger partial charge on any atom is -0.381 e. The van der Waals surface area contributed by atoms with Crippen molar-refractivity contribution in [1.29, 1.82) is 0 Å². The quantitative estimate of drug-likeness (QED) is 0.818. The Morgan fingerprint density at radius 2 is 1.76 bits per heavy atom. The van der Waals surface area contributed by atoms with Crippen molar-refractivity contribution < 1.29 is 9.53 Å². The van der Waals surface area contributed by atoms with Gasteiger partial charge in [-0.2, -0.15) is 0 Å². The molecule has 2 saturated heterocycles. The van der Waals surface area contributed by atoms with Crippen molar-refractivity contribution in [3.05, 3.63) is 0 Å². The molecule has 2 heterocycles. The highest BCUT2D eigenvalue weighted by molar-refractivity contribution is 5.85. The van der Waals surface area contributed by atoms with Crippen molar-refractivity contribution >= 4 is 18.3 Å². The van der Waals surface area contributed by atoms with Gasteiger partial charge in [0.15, 0.2) is 0 Å². The molecule has 0 radical (unpaired) electrons. The van der Waals surface area contributed by atoms with Crippen LogP contribution in [0.3, 0.4) is 0 Å². The number of piperidine rings is 1. The first kappa shape index (κ1) is 18.7. The zero-order valence-electron chi connectivity index (χ0n) is 13.4. The Morgan fingerprint density at radius 1 is 1.14 bits per heavy atom. The van der Waals surface area contributed by atoms with Gasteiger partial charge in [-0.1, -0.05) is 6.92 Å². The van der Waals surface area contributed by atoms with Crippen molar-refractivity contribution in [2.75, 3.05) is 26.3 Å². The van der Waals surface area contributed by atoms with E-state index in [-0.39, 0.29) is 24.4 Å². The molecule has 0 spiro atoms. The predicted octanol–water partition coefficient (Wildman–Crippen LogP) is 2.37. The van der Waals surface area contributed by atoms with Crippen LogP contribution in [0.15, 0.2) is 0 Å². The van der Waals surface area contributed by atoms with E-state index in [1.807, 2.05) is 0 Å². The molecule has 124 valence electrons. The standard InChI is InChI=1S/C16H30N2O2.ClH/c1-12(14-3-7-17-8-4-14)11-16(19)18-13(2)15-5-9-20-10-6-15;/h12-15,17H,3-11H2,1-2H3,(H,18,19);1H. The van der Waals surface area contributed by atoms with Gasteiger partial charge >= 0.3 is 0 Å². The first-order valence-electron chi connectivity index (χ1n) is 8.24. The highest BCUT2D eigenvalue weighted by Gasteiger charge is 2.25. The molecule has 2 aliphatic rings. The maximum Gasteiger partial charge on any atom is 0.220 e. The summed E-state index contributed by atoms with van der Waals surface area (Å²) < 4.78 is 5.38. The van der Waals surface area contributed by atoms with E-state index in [9.17, 15) is 4.79 Å². The Morgan fingerprint density at radius 3 is 2.38 bits per heavy atom. The molecule has 21 heavy (non-hydrogen) atoms. The normalized spacial score (nSPS) is 23.9. The third-order valence-corrected chi connectivity index (χ3v) is 5.06. The van der Waals surface area contributed by atoms with E-state index in [0.29, 0.717) is 24.2 Å². The van der Waals surface area contributed by atoms with Crippen molar-refractivity contribution in [3.63, 3.8) is 0 Å². The van der Waals surface area contributed by atoms with Crippen LogP contribution in [0, 0.1) is 17.8 Å². The number of carbonyl (C=O) groups excluding carboxylic acids is 1. The van der Waals surface area contributed by atoms with Crippen LogP contribution in [0.25, 0.3) is 0 Å². The van der Waals surface area contributed by atoms with Gasteiger partial charge in [0.05, 0.1) is 0 Å². The zero-order chi connectivity index (χ0) is 14.4. The zero-order valence-corrected chi connectivity index (χ0v) is 14.2. The fourth-order valence-corrected chi connectivity index (χ4v) is 3.52. The summed E-state index contributed by atoms with van der Waals surface area (Å²) >= 11 is 0. The highest BCUT2D eigenvalue weighted by atomic mass is 35.5. The maximum absolute atomic E-state index is 12.2. The Kier molecular flexibility index (Phi) is 8.60. The van der Waals surface area contributed by atoms with Crippen molar-refractivity contribution in [3.8, 4) is 0 Å². The van der Waals surface area contributed by atoms with Gasteiger partial charge in [0.2, 0.25) is 5.91 Å².